The van der Waals surface area contributed by atoms with Gasteiger partial charge in [0, 0.05) is 6.20 Å². The van der Waals surface area contributed by atoms with Gasteiger partial charge < -0.3 is 5.32 Å². The second-order valence-corrected chi connectivity index (χ2v) is 7.65. The summed E-state index contributed by atoms with van der Waals surface area (Å²) in [6.07, 6.45) is 3.59. The summed E-state index contributed by atoms with van der Waals surface area (Å²) in [6.45, 7) is 4.23. The molecular weight excluding hydrogens is 382 g/mol. The molecule has 31 heavy (non-hydrogen) atoms. The Kier molecular flexibility index (Phi) is 4.92. The van der Waals surface area contributed by atoms with Crippen LogP contribution in [0.25, 0.3) is 28.0 Å². The first-order valence-electron chi connectivity index (χ1n) is 10.4. The molecule has 2 aromatic heterocycles. The van der Waals surface area contributed by atoms with Gasteiger partial charge in [0.1, 0.15) is 12.1 Å². The number of rotatable bonds is 5. The van der Waals surface area contributed by atoms with Gasteiger partial charge >= 0.3 is 0 Å². The number of hydrogen-bond donors (Lipinski definition) is 1. The third kappa shape index (κ3) is 3.78. The van der Waals surface area contributed by atoms with Gasteiger partial charge in [-0.1, -0.05) is 60.7 Å². The van der Waals surface area contributed by atoms with E-state index in [1.807, 2.05) is 35.2 Å². The SMILES string of the molecule is Cc1ccccc1-c1ccc2c(c1)ncn2-c1ccnc(NC(C)c2ccccc2)n1. The summed E-state index contributed by atoms with van der Waals surface area (Å²) in [6, 6.07) is 27.0. The van der Waals surface area contributed by atoms with Crippen molar-refractivity contribution < 1.29 is 0 Å². The number of nitrogens with one attached hydrogen (secondary N) is 1. The third-order valence-corrected chi connectivity index (χ3v) is 5.54. The molecule has 0 fully saturated rings. The first-order valence-corrected chi connectivity index (χ1v) is 10.4. The van der Waals surface area contributed by atoms with Crippen molar-refractivity contribution in [2.24, 2.45) is 0 Å². The standard InChI is InChI=1S/C26H23N5/c1-18-8-6-7-11-22(18)21-12-13-24-23(16-21)28-17-31(24)25-14-15-27-26(30-25)29-19(2)20-9-4-3-5-10-20/h3-17,19H,1-2H3,(H,27,29,30). The van der Waals surface area contributed by atoms with Crippen LogP contribution in [0.5, 0.6) is 0 Å². The second-order valence-electron chi connectivity index (χ2n) is 7.65. The number of fused-ring (bicyclic) bond motifs is 1. The van der Waals surface area contributed by atoms with E-state index >= 15 is 0 Å². The molecule has 0 aliphatic heterocycles. The fourth-order valence-corrected chi connectivity index (χ4v) is 3.83. The Morgan fingerprint density at radius 3 is 2.52 bits per heavy atom. The van der Waals surface area contributed by atoms with Crippen molar-refractivity contribution in [2.75, 3.05) is 5.32 Å². The highest BCUT2D eigenvalue weighted by atomic mass is 15.2. The lowest BCUT2D eigenvalue weighted by molar-refractivity contribution is 0.854. The zero-order valence-corrected chi connectivity index (χ0v) is 17.5. The summed E-state index contributed by atoms with van der Waals surface area (Å²) in [5, 5.41) is 3.39. The molecule has 1 atom stereocenters. The normalized spacial score (nSPS) is 12.1. The van der Waals surface area contributed by atoms with Crippen LogP contribution in [0, 0.1) is 6.92 Å². The van der Waals surface area contributed by atoms with Crippen LogP contribution in [0.2, 0.25) is 0 Å². The van der Waals surface area contributed by atoms with Crippen LogP contribution < -0.4 is 5.32 Å². The van der Waals surface area contributed by atoms with Crippen molar-refractivity contribution in [3.63, 3.8) is 0 Å². The molecule has 0 saturated heterocycles. The van der Waals surface area contributed by atoms with Crippen LogP contribution in [-0.2, 0) is 0 Å². The molecule has 5 rings (SSSR count). The quantitative estimate of drug-likeness (QED) is 0.392. The Hall–Kier alpha value is -3.99. The van der Waals surface area contributed by atoms with E-state index in [0.717, 1.165) is 22.4 Å². The fraction of sp³-hybridized carbons (Fsp3) is 0.115. The maximum Gasteiger partial charge on any atom is 0.225 e. The molecule has 5 heteroatoms. The van der Waals surface area contributed by atoms with Crippen LogP contribution in [0.3, 0.4) is 0 Å². The maximum absolute atomic E-state index is 4.73. The molecule has 1 unspecified atom stereocenters. The molecule has 5 nitrogen and oxygen atoms in total. The van der Waals surface area contributed by atoms with E-state index in [1.54, 1.807) is 6.20 Å². The van der Waals surface area contributed by atoms with Crippen molar-refractivity contribution in [1.29, 1.82) is 0 Å². The van der Waals surface area contributed by atoms with E-state index in [-0.39, 0.29) is 6.04 Å². The van der Waals surface area contributed by atoms with Crippen LogP contribution in [0.15, 0.2) is 91.4 Å². The van der Waals surface area contributed by atoms with Gasteiger partial charge in [-0.3, -0.25) is 4.57 Å². The molecule has 2 heterocycles. The van der Waals surface area contributed by atoms with Crippen LogP contribution in [0.1, 0.15) is 24.1 Å². The van der Waals surface area contributed by atoms with Crippen LogP contribution in [0.4, 0.5) is 5.95 Å². The van der Waals surface area contributed by atoms with Crippen LogP contribution in [-0.4, -0.2) is 19.5 Å². The first-order chi connectivity index (χ1) is 15.2. The van der Waals surface area contributed by atoms with Gasteiger partial charge in [0.15, 0.2) is 0 Å². The first kappa shape index (κ1) is 19.0. The Bertz CT molecular complexity index is 1340. The molecule has 0 spiro atoms. The predicted molar refractivity (Wildman–Crippen MR) is 125 cm³/mol. The summed E-state index contributed by atoms with van der Waals surface area (Å²) in [7, 11) is 0. The Labute approximate surface area is 181 Å². The van der Waals surface area contributed by atoms with E-state index < -0.39 is 0 Å². The summed E-state index contributed by atoms with van der Waals surface area (Å²) in [5.74, 6) is 1.37. The molecule has 0 aliphatic rings. The Morgan fingerprint density at radius 2 is 1.68 bits per heavy atom. The van der Waals surface area contributed by atoms with Gasteiger partial charge in [-0.05, 0) is 54.3 Å². The lowest BCUT2D eigenvalue weighted by Gasteiger charge is -2.14. The number of nitrogens with zero attached hydrogens (tertiary/aromatic N) is 4. The highest BCUT2D eigenvalue weighted by Gasteiger charge is 2.11. The number of benzene rings is 3. The molecule has 0 amide bonds. The Morgan fingerprint density at radius 1 is 0.871 bits per heavy atom. The van der Waals surface area contributed by atoms with Gasteiger partial charge in [-0.15, -0.1) is 0 Å². The summed E-state index contributed by atoms with van der Waals surface area (Å²) in [5.41, 5.74) is 6.78. The Balaban J connectivity index is 1.46. The van der Waals surface area contributed by atoms with Crippen molar-refractivity contribution in [1.82, 2.24) is 19.5 Å². The monoisotopic (exact) mass is 405 g/mol. The molecule has 0 aliphatic carbocycles. The smallest absolute Gasteiger partial charge is 0.225 e. The lowest BCUT2D eigenvalue weighted by atomic mass is 10.0. The van der Waals surface area contributed by atoms with E-state index in [0.29, 0.717) is 5.95 Å². The zero-order valence-electron chi connectivity index (χ0n) is 17.5. The highest BCUT2D eigenvalue weighted by Crippen LogP contribution is 2.27. The fourth-order valence-electron chi connectivity index (χ4n) is 3.83. The van der Waals surface area contributed by atoms with Gasteiger partial charge in [-0.2, -0.15) is 4.98 Å². The summed E-state index contributed by atoms with van der Waals surface area (Å²) in [4.78, 5) is 13.8. The molecule has 3 aromatic carbocycles. The van der Waals surface area contributed by atoms with Crippen molar-refractivity contribution in [2.45, 2.75) is 19.9 Å². The minimum atomic E-state index is 0.104. The minimum absolute atomic E-state index is 0.104. The topological polar surface area (TPSA) is 55.6 Å². The maximum atomic E-state index is 4.73. The van der Waals surface area contributed by atoms with Crippen molar-refractivity contribution in [3.8, 4) is 16.9 Å². The van der Waals surface area contributed by atoms with Gasteiger partial charge in [0.25, 0.3) is 0 Å². The molecule has 5 aromatic rings. The van der Waals surface area contributed by atoms with E-state index in [1.165, 1.54) is 16.7 Å². The number of anilines is 1. The number of aromatic nitrogens is 4. The average molecular weight is 406 g/mol. The highest BCUT2D eigenvalue weighted by molar-refractivity contribution is 5.84. The number of imidazole rings is 1. The van der Waals surface area contributed by atoms with E-state index in [4.69, 9.17) is 4.98 Å². The van der Waals surface area contributed by atoms with Gasteiger partial charge in [0.05, 0.1) is 17.1 Å². The molecule has 152 valence electrons. The predicted octanol–water partition coefficient (Wildman–Crippen LogP) is 5.96. The van der Waals surface area contributed by atoms with E-state index in [9.17, 15) is 0 Å². The molecular formula is C26H23N5. The molecule has 0 bridgehead atoms. The largest absolute Gasteiger partial charge is 0.348 e. The molecule has 1 N–H and O–H groups in total. The molecule has 0 radical (unpaired) electrons. The summed E-state index contributed by atoms with van der Waals surface area (Å²) >= 11 is 0. The third-order valence-electron chi connectivity index (χ3n) is 5.54. The van der Waals surface area contributed by atoms with E-state index in [2.05, 4.69) is 83.7 Å². The summed E-state index contributed by atoms with van der Waals surface area (Å²) < 4.78 is 2.00. The van der Waals surface area contributed by atoms with Crippen molar-refractivity contribution >= 4 is 17.0 Å². The average Bonchev–Trinajstić information content (AvgIpc) is 3.23. The molecule has 0 saturated carbocycles. The van der Waals surface area contributed by atoms with Gasteiger partial charge in [0.2, 0.25) is 5.95 Å². The van der Waals surface area contributed by atoms with Crippen LogP contribution >= 0.6 is 0 Å². The lowest BCUT2D eigenvalue weighted by Crippen LogP contribution is -2.10. The number of aryl methyl sites for hydroxylation is 1. The van der Waals surface area contributed by atoms with Gasteiger partial charge in [-0.25, -0.2) is 9.97 Å². The minimum Gasteiger partial charge on any atom is -0.348 e. The second kappa shape index (κ2) is 8.03. The number of hydrogen-bond acceptors (Lipinski definition) is 4. The zero-order chi connectivity index (χ0) is 21.2. The van der Waals surface area contributed by atoms with Crippen molar-refractivity contribution in [3.05, 3.63) is 103 Å².